The van der Waals surface area contributed by atoms with E-state index in [0.29, 0.717) is 39.0 Å². The molecule has 0 atom stereocenters. The van der Waals surface area contributed by atoms with Crippen molar-refractivity contribution in [3.63, 3.8) is 0 Å². The number of unbranched alkanes of at least 4 members (excludes halogenated alkanes) is 12. The first-order chi connectivity index (χ1) is 22.7. The lowest BCUT2D eigenvalue weighted by Crippen LogP contribution is -2.30. The number of nitrogens with zero attached hydrogens (tertiary/aromatic N) is 6. The summed E-state index contributed by atoms with van der Waals surface area (Å²) in [6.45, 7) is 2.38. The van der Waals surface area contributed by atoms with Crippen LogP contribution in [0.5, 0.6) is 0 Å². The minimum absolute atomic E-state index is 0.0413. The van der Waals surface area contributed by atoms with Gasteiger partial charge in [0.2, 0.25) is 36.5 Å². The number of rotatable bonds is 22. The molecule has 0 spiro atoms. The van der Waals surface area contributed by atoms with Crippen LogP contribution in [0.1, 0.15) is 141 Å². The van der Waals surface area contributed by atoms with E-state index >= 15 is 0 Å². The van der Waals surface area contributed by atoms with Crippen molar-refractivity contribution in [2.24, 2.45) is 30.0 Å². The summed E-state index contributed by atoms with van der Waals surface area (Å²) >= 11 is 0. The summed E-state index contributed by atoms with van der Waals surface area (Å²) in [6.07, 6.45) is 35.2. The molecule has 0 radical (unpaired) electrons. The van der Waals surface area contributed by atoms with E-state index in [9.17, 15) is 28.8 Å². The van der Waals surface area contributed by atoms with Gasteiger partial charge >= 0.3 is 0 Å². The monoisotopic (exact) mass is 642 g/mol. The normalized spacial score (nSPS) is 15.4. The molecule has 12 nitrogen and oxygen atoms in total. The summed E-state index contributed by atoms with van der Waals surface area (Å²) in [6, 6.07) is 0.0826. The van der Waals surface area contributed by atoms with Crippen LogP contribution in [0.2, 0.25) is 0 Å². The molecule has 0 aromatic carbocycles. The average molecular weight is 643 g/mol. The van der Waals surface area contributed by atoms with Gasteiger partial charge in [-0.3, -0.25) is 0 Å². The van der Waals surface area contributed by atoms with Gasteiger partial charge in [0.05, 0.1) is 38.3 Å². The third-order valence-corrected chi connectivity index (χ3v) is 7.40. The third kappa shape index (κ3) is 38.3. The second-order valence-corrected chi connectivity index (χ2v) is 11.2. The van der Waals surface area contributed by atoms with Crippen LogP contribution in [0.4, 0.5) is 0 Å². The van der Waals surface area contributed by atoms with E-state index < -0.39 is 0 Å². The SMILES string of the molecule is C1CCCCC1.O=C=NC1CC(N=C=O)C1.O=C=NCCCCCCCCCCCCN=C=O.O=C=NCCCCCCN=C=O. The molecule has 2 saturated carbocycles. The van der Waals surface area contributed by atoms with Crippen LogP contribution in [0, 0.1) is 0 Å². The van der Waals surface area contributed by atoms with E-state index in [1.54, 1.807) is 12.2 Å². The minimum Gasteiger partial charge on any atom is -0.211 e. The molecule has 0 saturated heterocycles. The van der Waals surface area contributed by atoms with Crippen molar-refractivity contribution in [1.29, 1.82) is 0 Å². The van der Waals surface area contributed by atoms with Crippen LogP contribution in [0.3, 0.4) is 0 Å². The summed E-state index contributed by atoms with van der Waals surface area (Å²) in [7, 11) is 0. The molecule has 12 heteroatoms. The number of carbonyl (C=O) groups excluding carboxylic acids is 6. The van der Waals surface area contributed by atoms with Crippen molar-refractivity contribution in [1.82, 2.24) is 0 Å². The molecule has 0 aromatic rings. The second kappa shape index (κ2) is 41.3. The van der Waals surface area contributed by atoms with E-state index in [4.69, 9.17) is 0 Å². The zero-order valence-electron chi connectivity index (χ0n) is 27.7. The highest BCUT2D eigenvalue weighted by Crippen LogP contribution is 2.25. The fourth-order valence-electron chi connectivity index (χ4n) is 4.69. The van der Waals surface area contributed by atoms with Gasteiger partial charge in [0.1, 0.15) is 0 Å². The smallest absolute Gasteiger partial charge is 0.211 e. The maximum absolute atomic E-state index is 9.81. The van der Waals surface area contributed by atoms with Gasteiger partial charge in [-0.25, -0.2) is 58.7 Å². The fraction of sp³-hybridized carbons (Fsp3) is 0.824. The van der Waals surface area contributed by atoms with Crippen molar-refractivity contribution >= 4 is 36.5 Å². The zero-order valence-corrected chi connectivity index (χ0v) is 27.7. The summed E-state index contributed by atoms with van der Waals surface area (Å²) < 4.78 is 0. The van der Waals surface area contributed by atoms with Crippen molar-refractivity contribution in [2.45, 2.75) is 153 Å². The summed E-state index contributed by atoms with van der Waals surface area (Å²) in [5.41, 5.74) is 0. The van der Waals surface area contributed by atoms with E-state index in [0.717, 1.165) is 51.4 Å². The Morgan fingerprint density at radius 3 is 0.739 bits per heavy atom. The summed E-state index contributed by atoms with van der Waals surface area (Å²) in [4.78, 5) is 79.0. The molecule has 0 bridgehead atoms. The Bertz CT molecular complexity index is 908. The second-order valence-electron chi connectivity index (χ2n) is 11.2. The lowest BCUT2D eigenvalue weighted by Gasteiger charge is -2.26. The van der Waals surface area contributed by atoms with Gasteiger partial charge in [-0.2, -0.15) is 0 Å². The number of isocyanates is 6. The van der Waals surface area contributed by atoms with E-state index in [2.05, 4.69) is 30.0 Å². The molecule has 2 aliphatic carbocycles. The molecule has 2 aliphatic rings. The van der Waals surface area contributed by atoms with Crippen LogP contribution in [0.15, 0.2) is 30.0 Å². The lowest BCUT2D eigenvalue weighted by molar-refractivity contribution is 0.353. The van der Waals surface area contributed by atoms with Crippen LogP contribution in [-0.2, 0) is 28.8 Å². The molecule has 2 rings (SSSR count). The average Bonchev–Trinajstić information content (AvgIpc) is 3.07. The number of hydrogen-bond donors (Lipinski definition) is 0. The van der Waals surface area contributed by atoms with E-state index in [1.807, 2.05) is 0 Å². The predicted octanol–water partition coefficient (Wildman–Crippen LogP) is 7.31. The fourth-order valence-corrected chi connectivity index (χ4v) is 4.69. The first-order valence-electron chi connectivity index (χ1n) is 17.0. The van der Waals surface area contributed by atoms with E-state index in [1.165, 1.54) is 101 Å². The van der Waals surface area contributed by atoms with Gasteiger partial charge in [-0.1, -0.05) is 103 Å². The van der Waals surface area contributed by atoms with Crippen molar-refractivity contribution in [3.8, 4) is 0 Å². The molecule has 0 N–H and O–H groups in total. The molecular weight excluding hydrogens is 588 g/mol. The van der Waals surface area contributed by atoms with Crippen LogP contribution in [0.25, 0.3) is 0 Å². The Balaban J connectivity index is 0. The molecular formula is C34H54N6O6. The molecule has 0 aromatic heterocycles. The highest BCUT2D eigenvalue weighted by molar-refractivity contribution is 5.36. The predicted molar refractivity (Wildman–Crippen MR) is 177 cm³/mol. The summed E-state index contributed by atoms with van der Waals surface area (Å²) in [5, 5.41) is 0. The molecule has 0 aliphatic heterocycles. The Morgan fingerprint density at radius 1 is 0.326 bits per heavy atom. The number of aliphatic imine (C=N–C) groups is 6. The van der Waals surface area contributed by atoms with Gasteiger partial charge in [0.25, 0.3) is 0 Å². The van der Waals surface area contributed by atoms with Crippen LogP contribution in [-0.4, -0.2) is 74.7 Å². The van der Waals surface area contributed by atoms with Gasteiger partial charge < -0.3 is 0 Å². The van der Waals surface area contributed by atoms with Gasteiger partial charge in [-0.15, -0.1) is 0 Å². The number of hydrogen-bond acceptors (Lipinski definition) is 12. The van der Waals surface area contributed by atoms with Crippen molar-refractivity contribution in [2.75, 3.05) is 26.2 Å². The van der Waals surface area contributed by atoms with Gasteiger partial charge in [-0.05, 0) is 38.5 Å². The molecule has 0 heterocycles. The third-order valence-electron chi connectivity index (χ3n) is 7.40. The molecule has 46 heavy (non-hydrogen) atoms. The maximum atomic E-state index is 9.81. The van der Waals surface area contributed by atoms with Crippen LogP contribution >= 0.6 is 0 Å². The molecule has 0 unspecified atom stereocenters. The van der Waals surface area contributed by atoms with Crippen molar-refractivity contribution < 1.29 is 28.8 Å². The first-order valence-corrected chi connectivity index (χ1v) is 17.0. The zero-order chi connectivity index (χ0) is 34.0. The highest BCUT2D eigenvalue weighted by Gasteiger charge is 2.28. The molecule has 0 amide bonds. The Labute approximate surface area is 274 Å². The standard InChI is InChI=1S/C14H24N2O2.C8H12N2O2.C6H6N2O2.C6H12/c17-13-15-11-9-7-5-3-1-2-4-6-8-10-12-16-14-18;11-7-9-5-3-1-2-4-6-10-8-12;9-3-7-5-1-6(2-5)8-4-10;1-2-4-6-5-3-1/h1-12H2;1-6H2;5-6H,1-2H2;1-6H2. The quantitative estimate of drug-likeness (QED) is 0.0679. The minimum atomic E-state index is 0.0413. The molecule has 2 fully saturated rings. The maximum Gasteiger partial charge on any atom is 0.235 e. The first kappa shape index (κ1) is 44.4. The van der Waals surface area contributed by atoms with E-state index in [-0.39, 0.29) is 12.1 Å². The van der Waals surface area contributed by atoms with Crippen LogP contribution < -0.4 is 0 Å². The molecule has 256 valence electrons. The topological polar surface area (TPSA) is 177 Å². The Kier molecular flexibility index (Phi) is 39.8. The van der Waals surface area contributed by atoms with Gasteiger partial charge in [0.15, 0.2) is 0 Å². The summed E-state index contributed by atoms with van der Waals surface area (Å²) in [5.74, 6) is 0. The lowest BCUT2D eigenvalue weighted by atomic mass is 9.88. The Morgan fingerprint density at radius 2 is 0.543 bits per heavy atom. The highest BCUT2D eigenvalue weighted by atomic mass is 16.1. The van der Waals surface area contributed by atoms with Crippen molar-refractivity contribution in [3.05, 3.63) is 0 Å². The van der Waals surface area contributed by atoms with Gasteiger partial charge in [0, 0.05) is 0 Å². The largest absolute Gasteiger partial charge is 0.235 e. The Hall–Kier alpha value is -3.72.